The molecular weight excluding hydrogens is 488 g/mol. The predicted octanol–water partition coefficient (Wildman–Crippen LogP) is 2.79. The Kier molecular flexibility index (Phi) is 6.71. The second kappa shape index (κ2) is 6.85. The van der Waals surface area contributed by atoms with Crippen molar-refractivity contribution in [2.45, 2.75) is 25.3 Å². The zero-order chi connectivity index (χ0) is 10.4. The third kappa shape index (κ3) is 3.58. The molecule has 3 rings (SSSR count). The third-order valence-electron chi connectivity index (χ3n) is 2.95. The van der Waals surface area contributed by atoms with Crippen LogP contribution in [0.15, 0.2) is 12.1 Å². The van der Waals surface area contributed by atoms with E-state index in [4.69, 9.17) is 11.5 Å². The molecule has 0 saturated heterocycles. The van der Waals surface area contributed by atoms with E-state index in [-0.39, 0.29) is 88.6 Å². The van der Waals surface area contributed by atoms with Crippen LogP contribution in [0.5, 0.6) is 0 Å². The first-order chi connectivity index (χ1) is 7.22. The average molecular weight is 500 g/mol. The minimum Gasteiger partial charge on any atom is -0.674 e. The number of fused-ring (bicyclic) bond motifs is 2. The monoisotopic (exact) mass is 500 g/mol. The molecule has 0 aliphatic heterocycles. The molecule has 2 radical (unpaired) electrons. The summed E-state index contributed by atoms with van der Waals surface area (Å²) < 4.78 is 1.15. The number of aromatic nitrogens is 1. The van der Waals surface area contributed by atoms with Crippen molar-refractivity contribution in [3.8, 4) is 0 Å². The minimum atomic E-state index is 0. The summed E-state index contributed by atoms with van der Waals surface area (Å²) in [5.74, 6) is 0. The molecule has 0 saturated carbocycles. The van der Waals surface area contributed by atoms with E-state index in [1.807, 2.05) is 0 Å². The van der Waals surface area contributed by atoms with E-state index in [0.29, 0.717) is 5.13 Å². The fourth-order valence-electron chi connectivity index (χ4n) is 2.20. The number of anilines is 1. The molecule has 3 nitrogen and oxygen atoms in total. The average Bonchev–Trinajstić information content (AvgIpc) is 2.53. The molecule has 0 spiro atoms. The smallest absolute Gasteiger partial charge is 0.181 e. The normalized spacial score (nSPS) is 18.1. The van der Waals surface area contributed by atoms with Crippen LogP contribution in [0.3, 0.4) is 0 Å². The van der Waals surface area contributed by atoms with Crippen LogP contribution >= 0.6 is 11.3 Å². The van der Waals surface area contributed by atoms with Gasteiger partial charge in [-0.05, 0) is 36.1 Å². The van der Waals surface area contributed by atoms with Crippen molar-refractivity contribution in [2.75, 3.05) is 5.73 Å². The number of nitrogens with zero attached hydrogens (tertiary/aromatic N) is 1. The fourth-order valence-corrected chi connectivity index (χ4v) is 2.98. The number of nitrogens with one attached hydrogen (secondary N) is 1. The number of hydrogen-bond donors (Lipinski definition) is 1. The first-order valence-corrected chi connectivity index (χ1v) is 5.93. The van der Waals surface area contributed by atoms with Gasteiger partial charge in [-0.25, -0.2) is 4.98 Å². The van der Waals surface area contributed by atoms with Gasteiger partial charge in [0.25, 0.3) is 0 Å². The van der Waals surface area contributed by atoms with Gasteiger partial charge < -0.3 is 11.5 Å². The molecule has 0 bridgehead atoms. The summed E-state index contributed by atoms with van der Waals surface area (Å²) in [4.78, 5) is 4.29. The summed E-state index contributed by atoms with van der Waals surface area (Å²) in [6, 6.07) is 4.38. The van der Waals surface area contributed by atoms with Crippen LogP contribution in [-0.4, -0.2) is 11.0 Å². The number of rotatable bonds is 0. The largest absolute Gasteiger partial charge is 0.674 e. The second-order valence-corrected chi connectivity index (χ2v) is 5.14. The summed E-state index contributed by atoms with van der Waals surface area (Å²) in [7, 11) is 0. The number of nitrogens with two attached hydrogens (primary N) is 1. The van der Waals surface area contributed by atoms with Gasteiger partial charge in [0.05, 0.1) is 10.2 Å². The first kappa shape index (κ1) is 16.7. The topological polar surface area (TPSA) is 62.7 Å². The van der Waals surface area contributed by atoms with Gasteiger partial charge in [0, 0.05) is 82.6 Å². The quantitative estimate of drug-likeness (QED) is 0.606. The maximum absolute atomic E-state index is 7.78. The number of thiazole rings is 1. The molecule has 2 aromatic rings. The maximum Gasteiger partial charge on any atom is 0.181 e. The molecule has 1 aliphatic rings. The van der Waals surface area contributed by atoms with E-state index in [0.717, 1.165) is 29.5 Å². The van der Waals surface area contributed by atoms with Crippen LogP contribution in [0, 0.1) is 82.6 Å². The van der Waals surface area contributed by atoms with Crippen molar-refractivity contribution in [1.29, 1.82) is 0 Å². The first-order valence-electron chi connectivity index (χ1n) is 5.11. The van der Waals surface area contributed by atoms with E-state index in [2.05, 4.69) is 17.1 Å². The van der Waals surface area contributed by atoms with E-state index in [1.165, 1.54) is 22.5 Å². The SMILES string of the molecule is [NH-]C1CCc2cc3nc(N)sc3cc2C1.[Pr].[Pr]. The Morgan fingerprint density at radius 1 is 1.29 bits per heavy atom. The van der Waals surface area contributed by atoms with Crippen molar-refractivity contribution in [3.63, 3.8) is 0 Å². The van der Waals surface area contributed by atoms with Crippen LogP contribution in [0.2, 0.25) is 0 Å². The molecule has 1 aromatic carbocycles. The van der Waals surface area contributed by atoms with Gasteiger partial charge >= 0.3 is 0 Å². The number of aryl methyl sites for hydroxylation is 1. The van der Waals surface area contributed by atoms with Crippen LogP contribution in [0.1, 0.15) is 17.5 Å². The molecule has 1 unspecified atom stereocenters. The summed E-state index contributed by atoms with van der Waals surface area (Å²) in [6.45, 7) is 0. The van der Waals surface area contributed by atoms with Crippen molar-refractivity contribution in [1.82, 2.24) is 4.98 Å². The zero-order valence-corrected chi connectivity index (χ0v) is 17.7. The molecule has 0 fully saturated rings. The molecule has 6 heteroatoms. The third-order valence-corrected chi connectivity index (χ3v) is 3.80. The van der Waals surface area contributed by atoms with Crippen LogP contribution in [0.25, 0.3) is 16.0 Å². The number of nitrogen functional groups attached to an aromatic ring is 1. The van der Waals surface area contributed by atoms with Crippen molar-refractivity contribution in [2.24, 2.45) is 0 Å². The van der Waals surface area contributed by atoms with E-state index in [9.17, 15) is 0 Å². The van der Waals surface area contributed by atoms with Crippen LogP contribution < -0.4 is 5.73 Å². The van der Waals surface area contributed by atoms with Crippen molar-refractivity contribution < 1.29 is 82.6 Å². The van der Waals surface area contributed by atoms with Gasteiger partial charge in [-0.15, -0.1) is 6.04 Å². The second-order valence-electron chi connectivity index (χ2n) is 4.08. The minimum absolute atomic E-state index is 0. The Morgan fingerprint density at radius 2 is 2.06 bits per heavy atom. The molecule has 0 amide bonds. The number of benzene rings is 1. The van der Waals surface area contributed by atoms with E-state index in [1.54, 1.807) is 0 Å². The molecule has 1 aromatic heterocycles. The standard InChI is InChI=1S/C11H12N3S.2Pr/c12-8-2-1-6-4-9-10(5-7(6)3-8)15-11(13)14-9;;/h4-5,8,12H,1-3H2,(H2,13,14);;/q-1;;. The van der Waals surface area contributed by atoms with Gasteiger partial charge in [-0.3, -0.25) is 0 Å². The molecule has 84 valence electrons. The van der Waals surface area contributed by atoms with Crippen molar-refractivity contribution >= 4 is 26.7 Å². The van der Waals surface area contributed by atoms with Crippen molar-refractivity contribution in [3.05, 3.63) is 29.0 Å². The summed E-state index contributed by atoms with van der Waals surface area (Å²) >= 11 is 1.53. The van der Waals surface area contributed by atoms with Gasteiger partial charge in [-0.1, -0.05) is 17.8 Å². The molecule has 1 atom stereocenters. The Bertz CT molecular complexity index is 527. The van der Waals surface area contributed by atoms with Crippen LogP contribution in [-0.2, 0) is 12.8 Å². The van der Waals surface area contributed by atoms with Gasteiger partial charge in [0.1, 0.15) is 0 Å². The zero-order valence-electron chi connectivity index (χ0n) is 9.44. The van der Waals surface area contributed by atoms with Gasteiger partial charge in [0.15, 0.2) is 5.13 Å². The number of hydrogen-bond acceptors (Lipinski definition) is 3. The van der Waals surface area contributed by atoms with E-state index >= 15 is 0 Å². The van der Waals surface area contributed by atoms with Gasteiger partial charge in [-0.2, -0.15) is 0 Å². The Morgan fingerprint density at radius 3 is 2.82 bits per heavy atom. The molecule has 3 N–H and O–H groups in total. The summed E-state index contributed by atoms with van der Waals surface area (Å²) in [6.07, 6.45) is 2.86. The Balaban J connectivity index is 0.000000722. The predicted molar refractivity (Wildman–Crippen MR) is 64.2 cm³/mol. The van der Waals surface area contributed by atoms with Crippen LogP contribution in [0.4, 0.5) is 5.13 Å². The maximum atomic E-state index is 7.78. The Labute approximate surface area is 171 Å². The molecule has 17 heavy (non-hydrogen) atoms. The fraction of sp³-hybridized carbons (Fsp3) is 0.364. The summed E-state index contributed by atoms with van der Waals surface area (Å²) in [5, 5.41) is 0.634. The molecule has 1 aliphatic carbocycles. The molecule has 1 heterocycles. The van der Waals surface area contributed by atoms with E-state index < -0.39 is 0 Å². The molecular formula is C11H12N3Pr2S-. The van der Waals surface area contributed by atoms with Gasteiger partial charge in [0.2, 0.25) is 0 Å². The Hall–Kier alpha value is 1.60. The summed E-state index contributed by atoms with van der Waals surface area (Å²) in [5.41, 5.74) is 17.2.